The first kappa shape index (κ1) is 7.64. The number of hydrogen-bond donors (Lipinski definition) is 2. The van der Waals surface area contributed by atoms with Crippen LogP contribution < -0.4 is 5.73 Å². The summed E-state index contributed by atoms with van der Waals surface area (Å²) in [6, 6.07) is 7.94. The van der Waals surface area contributed by atoms with Crippen LogP contribution in [0.15, 0.2) is 29.4 Å². The zero-order valence-electron chi connectivity index (χ0n) is 6.45. The Morgan fingerprint density at radius 1 is 1.42 bits per heavy atom. The molecule has 1 aromatic heterocycles. The third kappa shape index (κ3) is 1.31. The minimum Gasteiger partial charge on any atom is -0.333 e. The van der Waals surface area contributed by atoms with Gasteiger partial charge >= 0.3 is 0 Å². The van der Waals surface area contributed by atoms with Crippen LogP contribution in [0.25, 0.3) is 11.0 Å². The predicted molar refractivity (Wildman–Crippen MR) is 51.0 cm³/mol. The van der Waals surface area contributed by atoms with Crippen LogP contribution in [-0.2, 0) is 0 Å². The van der Waals surface area contributed by atoms with E-state index in [1.165, 1.54) is 11.8 Å². The predicted octanol–water partition coefficient (Wildman–Crippen LogP) is 1.57. The second-order valence-electron chi connectivity index (χ2n) is 2.37. The Balaban J connectivity index is 2.47. The fraction of sp³-hybridized carbons (Fsp3) is 0.125. The lowest BCUT2D eigenvalue weighted by Gasteiger charge is -1.86. The fourth-order valence-electron chi connectivity index (χ4n) is 1.08. The first-order chi connectivity index (χ1) is 5.90. The smallest absolute Gasteiger partial charge is 0.167 e. The van der Waals surface area contributed by atoms with E-state index in [4.69, 9.17) is 5.73 Å². The largest absolute Gasteiger partial charge is 0.333 e. The summed E-state index contributed by atoms with van der Waals surface area (Å²) in [6.45, 7) is 0. The van der Waals surface area contributed by atoms with Gasteiger partial charge in [-0.15, -0.1) is 0 Å². The Morgan fingerprint density at radius 3 is 3.00 bits per heavy atom. The topological polar surface area (TPSA) is 54.7 Å². The molecule has 3 N–H and O–H groups in total. The van der Waals surface area contributed by atoms with Crippen molar-refractivity contribution in [1.82, 2.24) is 9.97 Å². The highest BCUT2D eigenvalue weighted by Gasteiger charge is 1.99. The molecular formula is C8H9N3S. The van der Waals surface area contributed by atoms with Crippen LogP contribution in [0.4, 0.5) is 0 Å². The Hall–Kier alpha value is -1.00. The summed E-state index contributed by atoms with van der Waals surface area (Å²) in [5.41, 5.74) is 7.44. The minimum atomic E-state index is 0.555. The summed E-state index contributed by atoms with van der Waals surface area (Å²) in [7, 11) is 0. The number of nitrogens with two attached hydrogens (primary N) is 1. The molecule has 3 nitrogen and oxygen atoms in total. The Morgan fingerprint density at radius 2 is 2.25 bits per heavy atom. The normalized spacial score (nSPS) is 10.8. The van der Waals surface area contributed by atoms with E-state index >= 15 is 0 Å². The van der Waals surface area contributed by atoms with Crippen LogP contribution in [0.5, 0.6) is 0 Å². The first-order valence-corrected chi connectivity index (χ1v) is 4.66. The van der Waals surface area contributed by atoms with Gasteiger partial charge in [-0.3, -0.25) is 0 Å². The van der Waals surface area contributed by atoms with Gasteiger partial charge in [-0.25, -0.2) is 4.98 Å². The van der Waals surface area contributed by atoms with Crippen molar-refractivity contribution >= 4 is 22.8 Å². The van der Waals surface area contributed by atoms with Crippen LogP contribution in [0.2, 0.25) is 0 Å². The van der Waals surface area contributed by atoms with Gasteiger partial charge in [0.05, 0.1) is 11.0 Å². The zero-order chi connectivity index (χ0) is 8.39. The number of aromatic amines is 1. The summed E-state index contributed by atoms with van der Waals surface area (Å²) in [4.78, 5) is 7.50. The first-order valence-electron chi connectivity index (χ1n) is 3.68. The SMILES string of the molecule is NCSc1nc2ccccc2[nH]1. The quantitative estimate of drug-likeness (QED) is 0.543. The Bertz CT molecular complexity index is 349. The van der Waals surface area contributed by atoms with Crippen molar-refractivity contribution in [2.75, 3.05) is 5.88 Å². The molecule has 0 aliphatic heterocycles. The molecule has 1 aromatic carbocycles. The molecule has 2 rings (SSSR count). The van der Waals surface area contributed by atoms with Gasteiger partial charge < -0.3 is 10.7 Å². The van der Waals surface area contributed by atoms with Gasteiger partial charge in [-0.1, -0.05) is 23.9 Å². The molecule has 0 spiro atoms. The fourth-order valence-corrected chi connectivity index (χ4v) is 1.58. The molecule has 12 heavy (non-hydrogen) atoms. The molecule has 0 atom stereocenters. The number of nitrogens with one attached hydrogen (secondary N) is 1. The monoisotopic (exact) mass is 179 g/mol. The number of benzene rings is 1. The van der Waals surface area contributed by atoms with Gasteiger partial charge in [-0.2, -0.15) is 0 Å². The molecule has 0 aliphatic carbocycles. The lowest BCUT2D eigenvalue weighted by Crippen LogP contribution is -1.92. The molecule has 0 bridgehead atoms. The van der Waals surface area contributed by atoms with Crippen LogP contribution in [0.1, 0.15) is 0 Å². The summed E-state index contributed by atoms with van der Waals surface area (Å²) < 4.78 is 0. The van der Waals surface area contributed by atoms with E-state index in [0.717, 1.165) is 16.2 Å². The van der Waals surface area contributed by atoms with E-state index in [0.29, 0.717) is 5.88 Å². The van der Waals surface area contributed by atoms with E-state index < -0.39 is 0 Å². The van der Waals surface area contributed by atoms with E-state index in [1.54, 1.807) is 0 Å². The molecule has 0 saturated carbocycles. The summed E-state index contributed by atoms with van der Waals surface area (Å²) >= 11 is 1.51. The van der Waals surface area contributed by atoms with E-state index in [1.807, 2.05) is 24.3 Å². The molecule has 4 heteroatoms. The van der Waals surface area contributed by atoms with E-state index in [-0.39, 0.29) is 0 Å². The maximum atomic E-state index is 5.39. The lowest BCUT2D eigenvalue weighted by molar-refractivity contribution is 1.08. The van der Waals surface area contributed by atoms with Crippen LogP contribution >= 0.6 is 11.8 Å². The Labute approximate surface area is 74.4 Å². The Kier molecular flexibility index (Phi) is 2.01. The number of para-hydroxylation sites is 2. The van der Waals surface area contributed by atoms with Gasteiger partial charge in [0.25, 0.3) is 0 Å². The highest BCUT2D eigenvalue weighted by molar-refractivity contribution is 7.99. The van der Waals surface area contributed by atoms with Crippen molar-refractivity contribution in [2.24, 2.45) is 5.73 Å². The number of fused-ring (bicyclic) bond motifs is 1. The highest BCUT2D eigenvalue weighted by atomic mass is 32.2. The van der Waals surface area contributed by atoms with E-state index in [9.17, 15) is 0 Å². The van der Waals surface area contributed by atoms with E-state index in [2.05, 4.69) is 9.97 Å². The number of hydrogen-bond acceptors (Lipinski definition) is 3. The van der Waals surface area contributed by atoms with Gasteiger partial charge in [0.15, 0.2) is 5.16 Å². The number of imidazole rings is 1. The summed E-state index contributed by atoms with van der Waals surface area (Å²) in [5, 5.41) is 0.888. The summed E-state index contributed by atoms with van der Waals surface area (Å²) in [6.07, 6.45) is 0. The second kappa shape index (κ2) is 3.16. The third-order valence-electron chi connectivity index (χ3n) is 1.59. The molecule has 62 valence electrons. The number of thioether (sulfide) groups is 1. The van der Waals surface area contributed by atoms with Crippen LogP contribution in [0.3, 0.4) is 0 Å². The van der Waals surface area contributed by atoms with Crippen molar-refractivity contribution in [3.05, 3.63) is 24.3 Å². The molecule has 0 saturated heterocycles. The van der Waals surface area contributed by atoms with Crippen LogP contribution in [-0.4, -0.2) is 15.8 Å². The maximum absolute atomic E-state index is 5.39. The van der Waals surface area contributed by atoms with Crippen molar-refractivity contribution in [1.29, 1.82) is 0 Å². The zero-order valence-corrected chi connectivity index (χ0v) is 7.27. The average molecular weight is 179 g/mol. The number of nitrogens with zero attached hydrogens (tertiary/aromatic N) is 1. The van der Waals surface area contributed by atoms with Gasteiger partial charge in [0.2, 0.25) is 0 Å². The molecule has 0 amide bonds. The molecule has 0 radical (unpaired) electrons. The molecule has 2 aromatic rings. The third-order valence-corrected chi connectivity index (χ3v) is 2.22. The van der Waals surface area contributed by atoms with Crippen molar-refractivity contribution in [2.45, 2.75) is 5.16 Å². The van der Waals surface area contributed by atoms with Gasteiger partial charge in [0.1, 0.15) is 0 Å². The van der Waals surface area contributed by atoms with Crippen molar-refractivity contribution < 1.29 is 0 Å². The average Bonchev–Trinajstić information content (AvgIpc) is 2.47. The van der Waals surface area contributed by atoms with Gasteiger partial charge in [-0.05, 0) is 12.1 Å². The molecule has 0 aliphatic rings. The van der Waals surface area contributed by atoms with Crippen molar-refractivity contribution in [3.63, 3.8) is 0 Å². The number of rotatable bonds is 2. The van der Waals surface area contributed by atoms with Gasteiger partial charge in [0, 0.05) is 5.88 Å². The molecular weight excluding hydrogens is 170 g/mol. The number of H-pyrrole nitrogens is 1. The molecule has 1 heterocycles. The lowest BCUT2D eigenvalue weighted by atomic mass is 10.3. The minimum absolute atomic E-state index is 0.555. The highest BCUT2D eigenvalue weighted by Crippen LogP contribution is 2.17. The summed E-state index contributed by atoms with van der Waals surface area (Å²) in [5.74, 6) is 0.555. The second-order valence-corrected chi connectivity index (χ2v) is 3.38. The number of aromatic nitrogens is 2. The van der Waals surface area contributed by atoms with Crippen LogP contribution in [0, 0.1) is 0 Å². The molecule has 0 unspecified atom stereocenters. The maximum Gasteiger partial charge on any atom is 0.167 e. The van der Waals surface area contributed by atoms with Crippen molar-refractivity contribution in [3.8, 4) is 0 Å². The standard InChI is InChI=1S/C8H9N3S/c9-5-12-8-10-6-3-1-2-4-7(6)11-8/h1-4H,5,9H2,(H,10,11). The molecule has 0 fully saturated rings.